The Balaban J connectivity index is 2.11. The maximum Gasteiger partial charge on any atom is 0.154 e. The number of hydrogen-bond acceptors (Lipinski definition) is 4. The van der Waals surface area contributed by atoms with Gasteiger partial charge in [-0.25, -0.2) is 13.1 Å². The molecular formula is C15H20N2O3S. The minimum Gasteiger partial charge on any atom is -0.384 e. The van der Waals surface area contributed by atoms with Gasteiger partial charge in [-0.1, -0.05) is 19.1 Å². The molecule has 0 spiro atoms. The molecule has 6 heteroatoms. The van der Waals surface area contributed by atoms with Crippen molar-refractivity contribution in [2.24, 2.45) is 5.92 Å². The molecule has 2 rings (SSSR count). The van der Waals surface area contributed by atoms with Crippen molar-refractivity contribution in [3.05, 3.63) is 48.3 Å². The lowest BCUT2D eigenvalue weighted by atomic mass is 10.2. The first-order chi connectivity index (χ1) is 10.00. The lowest BCUT2D eigenvalue weighted by Gasteiger charge is -2.11. The van der Waals surface area contributed by atoms with Crippen molar-refractivity contribution in [1.82, 2.24) is 9.78 Å². The zero-order valence-electron chi connectivity index (χ0n) is 12.3. The topological polar surface area (TPSA) is 61.2 Å². The molecule has 1 atom stereocenters. The van der Waals surface area contributed by atoms with Crippen LogP contribution in [0.15, 0.2) is 42.7 Å². The summed E-state index contributed by atoms with van der Waals surface area (Å²) in [5.74, 6) is 0.164. The van der Waals surface area contributed by atoms with Gasteiger partial charge in [-0.05, 0) is 29.7 Å². The highest BCUT2D eigenvalue weighted by Crippen LogP contribution is 2.14. The van der Waals surface area contributed by atoms with Crippen molar-refractivity contribution in [3.63, 3.8) is 0 Å². The summed E-state index contributed by atoms with van der Waals surface area (Å²) in [4.78, 5) is 0. The molecular weight excluding hydrogens is 288 g/mol. The zero-order valence-corrected chi connectivity index (χ0v) is 13.1. The Morgan fingerprint density at radius 1 is 1.33 bits per heavy atom. The van der Waals surface area contributed by atoms with Gasteiger partial charge in [0.15, 0.2) is 9.84 Å². The highest BCUT2D eigenvalue weighted by atomic mass is 32.2. The van der Waals surface area contributed by atoms with Gasteiger partial charge in [-0.2, -0.15) is 5.10 Å². The molecule has 0 radical (unpaired) electrons. The second-order valence-electron chi connectivity index (χ2n) is 5.24. The largest absolute Gasteiger partial charge is 0.384 e. The number of sulfone groups is 1. The van der Waals surface area contributed by atoms with Crippen LogP contribution in [0.4, 0.5) is 0 Å². The van der Waals surface area contributed by atoms with Crippen LogP contribution < -0.4 is 0 Å². The van der Waals surface area contributed by atoms with Gasteiger partial charge in [-0.15, -0.1) is 0 Å². The molecule has 0 aliphatic carbocycles. The van der Waals surface area contributed by atoms with Gasteiger partial charge in [0.25, 0.3) is 0 Å². The predicted molar refractivity (Wildman–Crippen MR) is 82.1 cm³/mol. The third kappa shape index (κ3) is 4.68. The van der Waals surface area contributed by atoms with Crippen LogP contribution in [-0.4, -0.2) is 37.7 Å². The van der Waals surface area contributed by atoms with E-state index >= 15 is 0 Å². The summed E-state index contributed by atoms with van der Waals surface area (Å²) in [7, 11) is -1.57. The number of rotatable bonds is 7. The monoisotopic (exact) mass is 308 g/mol. The highest BCUT2D eigenvalue weighted by molar-refractivity contribution is 7.90. The van der Waals surface area contributed by atoms with Crippen LogP contribution in [0.3, 0.4) is 0 Å². The summed E-state index contributed by atoms with van der Waals surface area (Å²) >= 11 is 0. The average molecular weight is 308 g/mol. The van der Waals surface area contributed by atoms with Gasteiger partial charge in [-0.3, -0.25) is 0 Å². The van der Waals surface area contributed by atoms with E-state index in [4.69, 9.17) is 4.74 Å². The standard InChI is InChI=1S/C15H20N2O3S/c1-13(10-20-2)11-21(18,19)12-14-5-3-6-15(9-14)17-8-4-7-16-17/h3-9,13H,10-12H2,1-2H3. The minimum atomic E-state index is -3.15. The van der Waals surface area contributed by atoms with E-state index in [1.165, 1.54) is 0 Å². The first-order valence-corrected chi connectivity index (χ1v) is 8.60. The van der Waals surface area contributed by atoms with Crippen LogP contribution in [0.1, 0.15) is 12.5 Å². The molecule has 0 saturated heterocycles. The Kier molecular flexibility index (Phi) is 5.14. The van der Waals surface area contributed by atoms with Crippen molar-refractivity contribution in [2.75, 3.05) is 19.5 Å². The van der Waals surface area contributed by atoms with Gasteiger partial charge in [0.2, 0.25) is 0 Å². The Morgan fingerprint density at radius 2 is 2.14 bits per heavy atom. The Morgan fingerprint density at radius 3 is 2.81 bits per heavy atom. The molecule has 0 N–H and O–H groups in total. The molecule has 2 aromatic rings. The van der Waals surface area contributed by atoms with Gasteiger partial charge in [0, 0.05) is 26.1 Å². The molecule has 114 valence electrons. The minimum absolute atomic E-state index is 0.00528. The van der Waals surface area contributed by atoms with Gasteiger partial charge >= 0.3 is 0 Å². The van der Waals surface area contributed by atoms with Crippen molar-refractivity contribution in [3.8, 4) is 5.69 Å². The second kappa shape index (κ2) is 6.87. The highest BCUT2D eigenvalue weighted by Gasteiger charge is 2.17. The van der Waals surface area contributed by atoms with Crippen LogP contribution >= 0.6 is 0 Å². The average Bonchev–Trinajstić information content (AvgIpc) is 2.91. The van der Waals surface area contributed by atoms with E-state index in [2.05, 4.69) is 5.10 Å². The molecule has 0 bridgehead atoms. The van der Waals surface area contributed by atoms with Crippen LogP contribution in [0.5, 0.6) is 0 Å². The summed E-state index contributed by atoms with van der Waals surface area (Å²) in [6, 6.07) is 9.25. The summed E-state index contributed by atoms with van der Waals surface area (Å²) in [6.07, 6.45) is 3.52. The second-order valence-corrected chi connectivity index (χ2v) is 7.34. The number of benzene rings is 1. The fraction of sp³-hybridized carbons (Fsp3) is 0.400. The quantitative estimate of drug-likeness (QED) is 0.785. The molecule has 1 heterocycles. The van der Waals surface area contributed by atoms with Gasteiger partial charge in [0.1, 0.15) is 0 Å². The number of aromatic nitrogens is 2. The van der Waals surface area contributed by atoms with Crippen LogP contribution in [0, 0.1) is 5.92 Å². The fourth-order valence-corrected chi connectivity index (χ4v) is 4.06. The number of nitrogens with zero attached hydrogens (tertiary/aromatic N) is 2. The molecule has 21 heavy (non-hydrogen) atoms. The lowest BCUT2D eigenvalue weighted by molar-refractivity contribution is 0.167. The molecule has 0 fully saturated rings. The van der Waals surface area contributed by atoms with E-state index in [-0.39, 0.29) is 17.4 Å². The van der Waals surface area contributed by atoms with Crippen molar-refractivity contribution in [1.29, 1.82) is 0 Å². The van der Waals surface area contributed by atoms with E-state index in [1.54, 1.807) is 18.0 Å². The van der Waals surface area contributed by atoms with E-state index in [1.807, 2.05) is 43.5 Å². The van der Waals surface area contributed by atoms with Crippen LogP contribution in [0.25, 0.3) is 5.69 Å². The van der Waals surface area contributed by atoms with E-state index < -0.39 is 9.84 Å². The van der Waals surface area contributed by atoms with Crippen molar-refractivity contribution >= 4 is 9.84 Å². The lowest BCUT2D eigenvalue weighted by Crippen LogP contribution is -2.19. The Labute approximate surface area is 125 Å². The molecule has 0 saturated carbocycles. The first kappa shape index (κ1) is 15.7. The summed E-state index contributed by atoms with van der Waals surface area (Å²) in [5, 5.41) is 4.15. The smallest absolute Gasteiger partial charge is 0.154 e. The normalized spacial score (nSPS) is 13.2. The summed E-state index contributed by atoms with van der Waals surface area (Å²) in [6.45, 7) is 2.33. The van der Waals surface area contributed by atoms with Crippen LogP contribution in [0.2, 0.25) is 0 Å². The number of hydrogen-bond donors (Lipinski definition) is 0. The summed E-state index contributed by atoms with van der Waals surface area (Å²) in [5.41, 5.74) is 1.63. The Bertz CT molecular complexity index is 666. The first-order valence-electron chi connectivity index (χ1n) is 6.78. The predicted octanol–water partition coefficient (Wildman–Crippen LogP) is 2.07. The van der Waals surface area contributed by atoms with Crippen molar-refractivity contribution < 1.29 is 13.2 Å². The van der Waals surface area contributed by atoms with Gasteiger partial charge < -0.3 is 4.74 Å². The molecule has 1 unspecified atom stereocenters. The SMILES string of the molecule is COCC(C)CS(=O)(=O)Cc1cccc(-n2cccn2)c1. The van der Waals surface area contributed by atoms with Crippen molar-refractivity contribution in [2.45, 2.75) is 12.7 Å². The molecule has 0 amide bonds. The molecule has 1 aromatic carbocycles. The Hall–Kier alpha value is -1.66. The zero-order chi connectivity index (χ0) is 15.3. The molecule has 0 aliphatic heterocycles. The number of ether oxygens (including phenoxy) is 1. The third-order valence-corrected chi connectivity index (χ3v) is 4.91. The molecule has 1 aromatic heterocycles. The maximum absolute atomic E-state index is 12.2. The van der Waals surface area contributed by atoms with E-state index in [0.717, 1.165) is 11.3 Å². The molecule has 0 aliphatic rings. The van der Waals surface area contributed by atoms with E-state index in [9.17, 15) is 8.42 Å². The summed E-state index contributed by atoms with van der Waals surface area (Å²) < 4.78 is 31.1. The van der Waals surface area contributed by atoms with Gasteiger partial charge in [0.05, 0.1) is 17.2 Å². The van der Waals surface area contributed by atoms with E-state index in [0.29, 0.717) is 6.61 Å². The maximum atomic E-state index is 12.2. The molecule has 5 nitrogen and oxygen atoms in total. The third-order valence-electron chi connectivity index (χ3n) is 3.06. The number of methoxy groups -OCH3 is 1. The van der Waals surface area contributed by atoms with Crippen LogP contribution in [-0.2, 0) is 20.3 Å². The fourth-order valence-electron chi connectivity index (χ4n) is 2.29.